The van der Waals surface area contributed by atoms with Crippen LogP contribution in [0.1, 0.15) is 5.56 Å². The molecule has 0 aromatic heterocycles. The van der Waals surface area contributed by atoms with E-state index in [0.29, 0.717) is 5.75 Å². The smallest absolute Gasteiger partial charge is 0.354 e. The zero-order chi connectivity index (χ0) is 10.7. The second kappa shape index (κ2) is 3.78. The minimum atomic E-state index is -1.30. The van der Waals surface area contributed by atoms with Gasteiger partial charge in [0, 0.05) is 17.3 Å². The normalized spacial score (nSPS) is 9.50. The molecule has 1 aromatic rings. The Kier molecular flexibility index (Phi) is 2.71. The number of hydrogen-bond acceptors (Lipinski definition) is 4. The van der Waals surface area contributed by atoms with Gasteiger partial charge in [0.25, 0.3) is 0 Å². The molecule has 1 aromatic carbocycles. The highest BCUT2D eigenvalue weighted by Gasteiger charge is 2.13. The molecule has 14 heavy (non-hydrogen) atoms. The number of carboxylic acids is 1. The molecule has 0 aliphatic rings. The van der Waals surface area contributed by atoms with Crippen LogP contribution >= 0.6 is 0 Å². The van der Waals surface area contributed by atoms with Gasteiger partial charge in [-0.05, 0) is 12.1 Å². The van der Waals surface area contributed by atoms with Crippen LogP contribution in [-0.4, -0.2) is 23.9 Å². The zero-order valence-electron chi connectivity index (χ0n) is 7.57. The van der Waals surface area contributed by atoms with E-state index < -0.39 is 11.7 Å². The third kappa shape index (κ3) is 1.82. The van der Waals surface area contributed by atoms with Gasteiger partial charge in [-0.1, -0.05) is 0 Å². The minimum absolute atomic E-state index is 0.193. The largest absolute Gasteiger partial charge is 0.497 e. The molecule has 0 aliphatic carbocycles. The first kappa shape index (κ1) is 10.0. The van der Waals surface area contributed by atoms with Crippen molar-refractivity contribution in [2.75, 3.05) is 12.8 Å². The Hall–Kier alpha value is -2.04. The summed E-state index contributed by atoms with van der Waals surface area (Å²) in [6.07, 6.45) is 0. The van der Waals surface area contributed by atoms with Crippen LogP contribution in [0.2, 0.25) is 0 Å². The van der Waals surface area contributed by atoms with Gasteiger partial charge in [0.1, 0.15) is 11.5 Å². The summed E-state index contributed by atoms with van der Waals surface area (Å²) >= 11 is 0. The molecule has 5 heteroatoms. The number of ether oxygens (including phenoxy) is 1. The summed E-state index contributed by atoms with van der Waals surface area (Å²) in [6.45, 7) is 0. The van der Waals surface area contributed by atoms with Crippen molar-refractivity contribution in [2.45, 2.75) is 0 Å². The lowest BCUT2D eigenvalue weighted by molar-refractivity contribution is -0.129. The molecule has 0 atom stereocenters. The van der Waals surface area contributed by atoms with Gasteiger partial charge in [0.2, 0.25) is 0 Å². The fraction of sp³-hybridized carbons (Fsp3) is 0.111. The molecule has 0 aliphatic heterocycles. The lowest BCUT2D eigenvalue weighted by Crippen LogP contribution is -2.14. The van der Waals surface area contributed by atoms with Crippen molar-refractivity contribution in [3.8, 4) is 5.75 Å². The van der Waals surface area contributed by atoms with Crippen LogP contribution in [0.3, 0.4) is 0 Å². The highest BCUT2D eigenvalue weighted by atomic mass is 16.5. The standard InChI is InChI=1S/C9H10N2O3/c1-14-5-2-3-6(7(10)4-5)8(11)9(12)13/h2-4,11H,10H2,1H3,(H,12,13). The van der Waals surface area contributed by atoms with Crippen LogP contribution in [0.15, 0.2) is 18.2 Å². The number of benzene rings is 1. The zero-order valence-corrected chi connectivity index (χ0v) is 7.57. The van der Waals surface area contributed by atoms with Gasteiger partial charge in [0.05, 0.1) is 7.11 Å². The molecular formula is C9H10N2O3. The van der Waals surface area contributed by atoms with Crippen molar-refractivity contribution in [1.29, 1.82) is 5.41 Å². The number of nitrogens with two attached hydrogens (primary N) is 1. The van der Waals surface area contributed by atoms with Crippen molar-refractivity contribution in [1.82, 2.24) is 0 Å². The average molecular weight is 194 g/mol. The van der Waals surface area contributed by atoms with Gasteiger partial charge in [-0.2, -0.15) is 0 Å². The van der Waals surface area contributed by atoms with E-state index in [1.807, 2.05) is 0 Å². The van der Waals surface area contributed by atoms with E-state index in [0.717, 1.165) is 0 Å². The molecule has 0 heterocycles. The number of aliphatic carboxylic acids is 1. The van der Waals surface area contributed by atoms with Crippen LogP contribution in [0.25, 0.3) is 0 Å². The van der Waals surface area contributed by atoms with Crippen molar-refractivity contribution in [3.05, 3.63) is 23.8 Å². The summed E-state index contributed by atoms with van der Waals surface area (Å²) in [5, 5.41) is 15.8. The van der Waals surface area contributed by atoms with Gasteiger partial charge >= 0.3 is 5.97 Å². The highest BCUT2D eigenvalue weighted by Crippen LogP contribution is 2.19. The van der Waals surface area contributed by atoms with E-state index in [1.165, 1.54) is 19.2 Å². The Bertz CT molecular complexity index is 388. The van der Waals surface area contributed by atoms with Crippen LogP contribution < -0.4 is 10.5 Å². The van der Waals surface area contributed by atoms with E-state index in [9.17, 15) is 4.79 Å². The van der Waals surface area contributed by atoms with Crippen molar-refractivity contribution in [3.63, 3.8) is 0 Å². The number of anilines is 1. The Morgan fingerprint density at radius 3 is 2.64 bits per heavy atom. The molecule has 0 saturated carbocycles. The quantitative estimate of drug-likeness (QED) is 0.488. The van der Waals surface area contributed by atoms with E-state index in [1.54, 1.807) is 6.07 Å². The topological polar surface area (TPSA) is 96.4 Å². The molecule has 0 amide bonds. The molecule has 1 rings (SSSR count). The summed E-state index contributed by atoms with van der Waals surface area (Å²) < 4.78 is 4.89. The van der Waals surface area contributed by atoms with Gasteiger partial charge in [0.15, 0.2) is 0 Å². The fourth-order valence-electron chi connectivity index (χ4n) is 1.01. The SMILES string of the molecule is COc1ccc(C(=N)C(=O)O)c(N)c1. The predicted octanol–water partition coefficient (Wildman–Crippen LogP) is 0.730. The number of nitrogens with one attached hydrogen (secondary N) is 1. The molecule has 0 fully saturated rings. The number of nitrogen functional groups attached to an aromatic ring is 1. The Balaban J connectivity index is 3.12. The van der Waals surface area contributed by atoms with Crippen LogP contribution in [0.5, 0.6) is 5.75 Å². The van der Waals surface area contributed by atoms with Crippen LogP contribution in [0, 0.1) is 5.41 Å². The maximum atomic E-state index is 10.5. The number of hydrogen-bond donors (Lipinski definition) is 3. The van der Waals surface area contributed by atoms with Crippen LogP contribution in [-0.2, 0) is 4.79 Å². The highest BCUT2D eigenvalue weighted by molar-refractivity contribution is 6.42. The maximum absolute atomic E-state index is 10.5. The number of carboxylic acid groups (broad SMARTS) is 1. The lowest BCUT2D eigenvalue weighted by Gasteiger charge is -2.05. The summed E-state index contributed by atoms with van der Waals surface area (Å²) in [7, 11) is 1.48. The molecule has 74 valence electrons. The maximum Gasteiger partial charge on any atom is 0.354 e. The van der Waals surface area contributed by atoms with Gasteiger partial charge in [-0.3, -0.25) is 5.41 Å². The van der Waals surface area contributed by atoms with Crippen molar-refractivity contribution in [2.24, 2.45) is 0 Å². The van der Waals surface area contributed by atoms with E-state index in [2.05, 4.69) is 0 Å². The number of rotatable bonds is 3. The summed E-state index contributed by atoms with van der Waals surface area (Å²) in [5.74, 6) is -0.772. The average Bonchev–Trinajstić information content (AvgIpc) is 2.16. The lowest BCUT2D eigenvalue weighted by atomic mass is 10.1. The molecule has 0 saturated heterocycles. The first-order chi connectivity index (χ1) is 6.56. The first-order valence-corrected chi connectivity index (χ1v) is 3.82. The summed E-state index contributed by atoms with van der Waals surface area (Å²) in [6, 6.07) is 4.49. The molecule has 0 radical (unpaired) electrons. The third-order valence-electron chi connectivity index (χ3n) is 1.74. The second-order valence-electron chi connectivity index (χ2n) is 2.63. The first-order valence-electron chi connectivity index (χ1n) is 3.82. The van der Waals surface area contributed by atoms with Crippen molar-refractivity contribution >= 4 is 17.4 Å². The van der Waals surface area contributed by atoms with Crippen LogP contribution in [0.4, 0.5) is 5.69 Å². The van der Waals surface area contributed by atoms with Crippen molar-refractivity contribution < 1.29 is 14.6 Å². The Labute approximate surface area is 80.6 Å². The molecular weight excluding hydrogens is 184 g/mol. The summed E-state index contributed by atoms with van der Waals surface area (Å²) in [4.78, 5) is 10.5. The minimum Gasteiger partial charge on any atom is -0.497 e. The molecule has 0 spiro atoms. The molecule has 4 N–H and O–H groups in total. The van der Waals surface area contributed by atoms with Gasteiger partial charge in [-0.25, -0.2) is 4.79 Å². The molecule has 0 unspecified atom stereocenters. The third-order valence-corrected chi connectivity index (χ3v) is 1.74. The van der Waals surface area contributed by atoms with Gasteiger partial charge in [-0.15, -0.1) is 0 Å². The predicted molar refractivity (Wildman–Crippen MR) is 51.9 cm³/mol. The number of methoxy groups -OCH3 is 1. The second-order valence-corrected chi connectivity index (χ2v) is 2.63. The molecule has 0 bridgehead atoms. The molecule has 5 nitrogen and oxygen atoms in total. The monoisotopic (exact) mass is 194 g/mol. The van der Waals surface area contributed by atoms with E-state index in [4.69, 9.17) is 21.0 Å². The van der Waals surface area contributed by atoms with E-state index in [-0.39, 0.29) is 11.3 Å². The fourth-order valence-corrected chi connectivity index (χ4v) is 1.01. The van der Waals surface area contributed by atoms with E-state index >= 15 is 0 Å². The Morgan fingerprint density at radius 2 is 2.21 bits per heavy atom. The number of carbonyl (C=O) groups is 1. The summed E-state index contributed by atoms with van der Waals surface area (Å²) in [5.41, 5.74) is 5.44. The Morgan fingerprint density at radius 1 is 1.57 bits per heavy atom. The van der Waals surface area contributed by atoms with Gasteiger partial charge < -0.3 is 15.6 Å².